The highest BCUT2D eigenvalue weighted by atomic mass is 35.5. The van der Waals surface area contributed by atoms with Crippen LogP contribution in [0.25, 0.3) is 0 Å². The minimum atomic E-state index is 0.0306. The van der Waals surface area contributed by atoms with Crippen LogP contribution in [0.4, 0.5) is 5.69 Å². The Morgan fingerprint density at radius 2 is 2.00 bits per heavy atom. The Hall–Kier alpha value is -0.970. The lowest BCUT2D eigenvalue weighted by Crippen LogP contribution is -2.49. The van der Waals surface area contributed by atoms with Crippen LogP contribution >= 0.6 is 23.2 Å². The first-order chi connectivity index (χ1) is 9.45. The van der Waals surface area contributed by atoms with Gasteiger partial charge in [0.05, 0.1) is 29.5 Å². The van der Waals surface area contributed by atoms with Crippen molar-refractivity contribution in [2.75, 3.05) is 25.0 Å². The molecule has 1 saturated heterocycles. The molecule has 2 atom stereocenters. The summed E-state index contributed by atoms with van der Waals surface area (Å²) < 4.78 is 5.61. The quantitative estimate of drug-likeness (QED) is 0.932. The van der Waals surface area contributed by atoms with E-state index in [2.05, 4.69) is 5.32 Å². The number of benzene rings is 1. The van der Waals surface area contributed by atoms with E-state index in [9.17, 15) is 4.79 Å². The van der Waals surface area contributed by atoms with Crippen molar-refractivity contribution >= 4 is 34.8 Å². The maximum absolute atomic E-state index is 12.2. The maximum atomic E-state index is 12.2. The van der Waals surface area contributed by atoms with E-state index in [4.69, 9.17) is 27.9 Å². The number of hydrogen-bond acceptors (Lipinski definition) is 3. The maximum Gasteiger partial charge on any atom is 0.242 e. The SMILES string of the molecule is CC1CN(C(=O)CNc2cc(Cl)ccc2Cl)CC(C)O1. The van der Waals surface area contributed by atoms with Gasteiger partial charge in [-0.15, -0.1) is 0 Å². The van der Waals surface area contributed by atoms with Gasteiger partial charge in [-0.3, -0.25) is 4.79 Å². The van der Waals surface area contributed by atoms with Crippen LogP contribution in [0.2, 0.25) is 10.0 Å². The van der Waals surface area contributed by atoms with Gasteiger partial charge in [-0.05, 0) is 32.0 Å². The van der Waals surface area contributed by atoms with Gasteiger partial charge in [-0.2, -0.15) is 0 Å². The monoisotopic (exact) mass is 316 g/mol. The van der Waals surface area contributed by atoms with E-state index in [0.717, 1.165) is 0 Å². The molecule has 1 aromatic rings. The Kier molecular flexibility index (Phi) is 5.13. The zero-order chi connectivity index (χ0) is 14.7. The molecular formula is C14H18Cl2N2O2. The van der Waals surface area contributed by atoms with Crippen LogP contribution in [0.1, 0.15) is 13.8 Å². The number of morpholine rings is 1. The highest BCUT2D eigenvalue weighted by Crippen LogP contribution is 2.25. The number of carbonyl (C=O) groups excluding carboxylic acids is 1. The second-order valence-electron chi connectivity index (χ2n) is 5.03. The van der Waals surface area contributed by atoms with E-state index in [1.807, 2.05) is 18.7 Å². The Morgan fingerprint density at radius 3 is 2.65 bits per heavy atom. The number of hydrogen-bond donors (Lipinski definition) is 1. The average Bonchev–Trinajstić information content (AvgIpc) is 2.38. The first-order valence-corrected chi connectivity index (χ1v) is 7.33. The summed E-state index contributed by atoms with van der Waals surface area (Å²) in [6.45, 7) is 5.37. The van der Waals surface area contributed by atoms with Crippen LogP contribution in [0.15, 0.2) is 18.2 Å². The fourth-order valence-electron chi connectivity index (χ4n) is 2.30. The molecule has 4 nitrogen and oxygen atoms in total. The second kappa shape index (κ2) is 6.66. The van der Waals surface area contributed by atoms with Crippen molar-refractivity contribution in [2.24, 2.45) is 0 Å². The molecule has 1 fully saturated rings. The average molecular weight is 317 g/mol. The summed E-state index contributed by atoms with van der Waals surface area (Å²) in [5.41, 5.74) is 0.668. The molecule has 1 aliphatic heterocycles. The predicted molar refractivity (Wildman–Crippen MR) is 81.5 cm³/mol. The van der Waals surface area contributed by atoms with Crippen LogP contribution in [-0.4, -0.2) is 42.6 Å². The van der Waals surface area contributed by atoms with E-state index in [0.29, 0.717) is 28.8 Å². The minimum absolute atomic E-state index is 0.0306. The van der Waals surface area contributed by atoms with Gasteiger partial charge in [0.2, 0.25) is 5.91 Å². The minimum Gasteiger partial charge on any atom is -0.375 e. The summed E-state index contributed by atoms with van der Waals surface area (Å²) in [6.07, 6.45) is 0.134. The summed E-state index contributed by atoms with van der Waals surface area (Å²) in [7, 11) is 0. The molecule has 0 aromatic heterocycles. The lowest BCUT2D eigenvalue weighted by Gasteiger charge is -2.35. The summed E-state index contributed by atoms with van der Waals surface area (Å²) >= 11 is 12.0. The number of nitrogens with zero attached hydrogens (tertiary/aromatic N) is 1. The zero-order valence-electron chi connectivity index (χ0n) is 11.5. The van der Waals surface area contributed by atoms with Crippen molar-refractivity contribution < 1.29 is 9.53 Å². The van der Waals surface area contributed by atoms with E-state index in [1.54, 1.807) is 18.2 Å². The molecule has 20 heavy (non-hydrogen) atoms. The second-order valence-corrected chi connectivity index (χ2v) is 5.88. The molecule has 2 rings (SSSR count). The summed E-state index contributed by atoms with van der Waals surface area (Å²) in [5, 5.41) is 4.16. The summed E-state index contributed by atoms with van der Waals surface area (Å²) in [5.74, 6) is 0.0306. The van der Waals surface area contributed by atoms with Crippen molar-refractivity contribution in [3.8, 4) is 0 Å². The Morgan fingerprint density at radius 1 is 1.35 bits per heavy atom. The highest BCUT2D eigenvalue weighted by Gasteiger charge is 2.25. The molecule has 2 unspecified atom stereocenters. The topological polar surface area (TPSA) is 41.6 Å². The molecule has 110 valence electrons. The first-order valence-electron chi connectivity index (χ1n) is 6.58. The van der Waals surface area contributed by atoms with Gasteiger partial charge in [0.1, 0.15) is 0 Å². The molecule has 1 amide bonds. The van der Waals surface area contributed by atoms with Gasteiger partial charge in [-0.1, -0.05) is 23.2 Å². The third kappa shape index (κ3) is 4.01. The number of anilines is 1. The zero-order valence-corrected chi connectivity index (χ0v) is 13.0. The van der Waals surface area contributed by atoms with Gasteiger partial charge in [0.15, 0.2) is 0 Å². The van der Waals surface area contributed by atoms with Gasteiger partial charge < -0.3 is 15.0 Å². The summed E-state index contributed by atoms with van der Waals surface area (Å²) in [4.78, 5) is 14.0. The number of nitrogens with one attached hydrogen (secondary N) is 1. The molecule has 1 aromatic carbocycles. The van der Waals surface area contributed by atoms with Crippen molar-refractivity contribution in [3.63, 3.8) is 0 Å². The number of amides is 1. The lowest BCUT2D eigenvalue weighted by molar-refractivity contribution is -0.141. The normalized spacial score (nSPS) is 22.7. The Balaban J connectivity index is 1.93. The third-order valence-electron chi connectivity index (χ3n) is 3.13. The number of ether oxygens (including phenoxy) is 1. The number of rotatable bonds is 3. The van der Waals surface area contributed by atoms with E-state index in [1.165, 1.54) is 0 Å². The Labute approximate surface area is 129 Å². The molecule has 1 N–H and O–H groups in total. The van der Waals surface area contributed by atoms with Crippen LogP contribution in [0.5, 0.6) is 0 Å². The van der Waals surface area contributed by atoms with E-state index in [-0.39, 0.29) is 24.7 Å². The van der Waals surface area contributed by atoms with Gasteiger partial charge in [0, 0.05) is 18.1 Å². The molecule has 0 radical (unpaired) electrons. The fraction of sp³-hybridized carbons (Fsp3) is 0.500. The lowest BCUT2D eigenvalue weighted by atomic mass is 10.2. The smallest absolute Gasteiger partial charge is 0.242 e. The van der Waals surface area contributed by atoms with Crippen LogP contribution in [0, 0.1) is 0 Å². The van der Waals surface area contributed by atoms with Gasteiger partial charge >= 0.3 is 0 Å². The molecule has 0 saturated carbocycles. The van der Waals surface area contributed by atoms with Crippen molar-refractivity contribution in [3.05, 3.63) is 28.2 Å². The first kappa shape index (κ1) is 15.4. The highest BCUT2D eigenvalue weighted by molar-refractivity contribution is 6.35. The molecule has 0 aliphatic carbocycles. The van der Waals surface area contributed by atoms with E-state index >= 15 is 0 Å². The number of carbonyl (C=O) groups is 1. The molecule has 0 bridgehead atoms. The van der Waals surface area contributed by atoms with Gasteiger partial charge in [0.25, 0.3) is 0 Å². The molecule has 6 heteroatoms. The van der Waals surface area contributed by atoms with Crippen LogP contribution in [-0.2, 0) is 9.53 Å². The third-order valence-corrected chi connectivity index (χ3v) is 3.70. The van der Waals surface area contributed by atoms with Crippen LogP contribution in [0.3, 0.4) is 0 Å². The fourth-order valence-corrected chi connectivity index (χ4v) is 2.65. The van der Waals surface area contributed by atoms with Crippen molar-refractivity contribution in [1.29, 1.82) is 0 Å². The van der Waals surface area contributed by atoms with Gasteiger partial charge in [-0.25, -0.2) is 0 Å². The molecular weight excluding hydrogens is 299 g/mol. The summed E-state index contributed by atoms with van der Waals surface area (Å²) in [6, 6.07) is 5.12. The predicted octanol–water partition coefficient (Wildman–Crippen LogP) is 3.04. The Bertz CT molecular complexity index is 486. The molecule has 1 aliphatic rings. The van der Waals surface area contributed by atoms with Crippen molar-refractivity contribution in [1.82, 2.24) is 4.90 Å². The van der Waals surface area contributed by atoms with Crippen LogP contribution < -0.4 is 5.32 Å². The van der Waals surface area contributed by atoms with E-state index < -0.39 is 0 Å². The largest absolute Gasteiger partial charge is 0.375 e. The van der Waals surface area contributed by atoms with Crippen molar-refractivity contribution in [2.45, 2.75) is 26.1 Å². The standard InChI is InChI=1S/C14H18Cl2N2O2/c1-9-7-18(8-10(2)20-9)14(19)6-17-13-5-11(15)3-4-12(13)16/h3-5,9-10,17H,6-8H2,1-2H3. The number of halogens is 2. The molecule has 0 spiro atoms. The molecule has 1 heterocycles.